The summed E-state index contributed by atoms with van der Waals surface area (Å²) in [7, 11) is 0.543. The Morgan fingerprint density at radius 1 is 1.00 bits per heavy atom. The van der Waals surface area contributed by atoms with E-state index in [4.69, 9.17) is 0 Å². The molecule has 1 aliphatic rings. The van der Waals surface area contributed by atoms with Crippen molar-refractivity contribution in [3.8, 4) is 0 Å². The highest BCUT2D eigenvalue weighted by atomic mass is 32.2. The Kier molecular flexibility index (Phi) is 9.33. The van der Waals surface area contributed by atoms with Gasteiger partial charge in [-0.15, -0.1) is 0 Å². The van der Waals surface area contributed by atoms with E-state index in [9.17, 15) is 13.2 Å². The summed E-state index contributed by atoms with van der Waals surface area (Å²) in [5, 5.41) is 0. The average Bonchev–Trinajstić information content (AvgIpc) is 2.99. The van der Waals surface area contributed by atoms with Crippen LogP contribution in [0.5, 0.6) is 0 Å². The Labute approximate surface area is 176 Å². The first kappa shape index (κ1) is 23.6. The number of hydrogen-bond acceptors (Lipinski definition) is 4. The van der Waals surface area contributed by atoms with Gasteiger partial charge in [0.2, 0.25) is 15.9 Å². The van der Waals surface area contributed by atoms with Gasteiger partial charge in [-0.1, -0.05) is 31.9 Å². The molecule has 0 unspecified atom stereocenters. The summed E-state index contributed by atoms with van der Waals surface area (Å²) in [5.74, 6) is -0.0186. The topological polar surface area (TPSA) is 60.9 Å². The van der Waals surface area contributed by atoms with Crippen molar-refractivity contribution in [2.45, 2.75) is 43.9 Å². The van der Waals surface area contributed by atoms with Gasteiger partial charge in [0.1, 0.15) is 0 Å². The van der Waals surface area contributed by atoms with E-state index < -0.39 is 10.0 Å². The van der Waals surface area contributed by atoms with Gasteiger partial charge in [0.15, 0.2) is 0 Å². The maximum Gasteiger partial charge on any atom is 0.246 e. The van der Waals surface area contributed by atoms with Gasteiger partial charge in [-0.25, -0.2) is 8.42 Å². The second-order valence-corrected chi connectivity index (χ2v) is 9.79. The Hall–Kier alpha value is -1.70. The Morgan fingerprint density at radius 2 is 1.62 bits per heavy atom. The molecule has 1 saturated heterocycles. The molecule has 1 amide bonds. The summed E-state index contributed by atoms with van der Waals surface area (Å²) in [6.07, 6.45) is 8.26. The molecule has 7 heteroatoms. The molecule has 0 bridgehead atoms. The number of benzene rings is 1. The molecule has 1 fully saturated rings. The van der Waals surface area contributed by atoms with Crippen molar-refractivity contribution in [3.05, 3.63) is 35.9 Å². The number of amides is 1. The molecule has 0 saturated carbocycles. The first-order valence-corrected chi connectivity index (χ1v) is 12.0. The molecule has 1 aromatic rings. The monoisotopic (exact) mass is 421 g/mol. The van der Waals surface area contributed by atoms with Gasteiger partial charge in [0.05, 0.1) is 4.90 Å². The van der Waals surface area contributed by atoms with Crippen molar-refractivity contribution in [3.63, 3.8) is 0 Å². The average molecular weight is 422 g/mol. The normalized spacial score (nSPS) is 16.3. The third-order valence-corrected chi connectivity index (χ3v) is 7.04. The van der Waals surface area contributed by atoms with E-state index in [0.29, 0.717) is 24.5 Å². The van der Waals surface area contributed by atoms with Crippen molar-refractivity contribution >= 4 is 22.0 Å². The van der Waals surface area contributed by atoms with Crippen molar-refractivity contribution in [2.24, 2.45) is 0 Å². The molecule has 6 nitrogen and oxygen atoms in total. The third-order valence-electron chi connectivity index (χ3n) is 5.12. The van der Waals surface area contributed by atoms with E-state index in [2.05, 4.69) is 11.8 Å². The van der Waals surface area contributed by atoms with Crippen LogP contribution in [0.2, 0.25) is 0 Å². The molecule has 0 spiro atoms. The van der Waals surface area contributed by atoms with Crippen LogP contribution in [0.25, 0.3) is 6.08 Å². The standard InChI is InChI=1S/C22H35N3O3S/c1-4-15-24(19-18-23(2)3)22(26)14-11-20-9-12-21(13-10-20)29(27,28)25-16-7-5-6-8-17-25/h9-14H,4-8,15-19H2,1-3H3/b14-11+. The van der Waals surface area contributed by atoms with Gasteiger partial charge in [0.25, 0.3) is 0 Å². The van der Waals surface area contributed by atoms with E-state index >= 15 is 0 Å². The maximum absolute atomic E-state index is 12.8. The predicted molar refractivity (Wildman–Crippen MR) is 118 cm³/mol. The van der Waals surface area contributed by atoms with Crippen LogP contribution >= 0.6 is 0 Å². The highest BCUT2D eigenvalue weighted by Gasteiger charge is 2.24. The molecule has 2 rings (SSSR count). The van der Waals surface area contributed by atoms with E-state index in [-0.39, 0.29) is 5.91 Å². The smallest absolute Gasteiger partial charge is 0.246 e. The van der Waals surface area contributed by atoms with Crippen LogP contribution in [0.4, 0.5) is 0 Å². The van der Waals surface area contributed by atoms with E-state index in [1.54, 1.807) is 40.7 Å². The first-order chi connectivity index (χ1) is 13.8. The molecule has 0 aromatic heterocycles. The first-order valence-electron chi connectivity index (χ1n) is 10.6. The summed E-state index contributed by atoms with van der Waals surface area (Å²) in [6, 6.07) is 6.80. The summed E-state index contributed by atoms with van der Waals surface area (Å²) in [5.41, 5.74) is 0.817. The van der Waals surface area contributed by atoms with Crippen LogP contribution in [0.3, 0.4) is 0 Å². The number of nitrogens with zero attached hydrogens (tertiary/aromatic N) is 3. The van der Waals surface area contributed by atoms with Gasteiger partial charge in [-0.3, -0.25) is 4.79 Å². The number of rotatable bonds is 9. The van der Waals surface area contributed by atoms with Gasteiger partial charge >= 0.3 is 0 Å². The lowest BCUT2D eigenvalue weighted by molar-refractivity contribution is -0.126. The third kappa shape index (κ3) is 7.24. The number of likely N-dealkylation sites (N-methyl/N-ethyl adjacent to an activating group) is 1. The lowest BCUT2D eigenvalue weighted by atomic mass is 10.2. The maximum atomic E-state index is 12.8. The highest BCUT2D eigenvalue weighted by Crippen LogP contribution is 2.21. The van der Waals surface area contributed by atoms with Crippen molar-refractivity contribution in [1.82, 2.24) is 14.1 Å². The van der Waals surface area contributed by atoms with E-state index in [1.807, 2.05) is 19.0 Å². The molecule has 0 radical (unpaired) electrons. The van der Waals surface area contributed by atoms with Crippen LogP contribution in [0.15, 0.2) is 35.2 Å². The highest BCUT2D eigenvalue weighted by molar-refractivity contribution is 7.89. The number of carbonyl (C=O) groups is 1. The quantitative estimate of drug-likeness (QED) is 0.575. The van der Waals surface area contributed by atoms with Crippen molar-refractivity contribution < 1.29 is 13.2 Å². The number of sulfonamides is 1. The van der Waals surface area contributed by atoms with Crippen LogP contribution < -0.4 is 0 Å². The Morgan fingerprint density at radius 3 is 2.17 bits per heavy atom. The van der Waals surface area contributed by atoms with Crippen LogP contribution in [0, 0.1) is 0 Å². The molecule has 0 N–H and O–H groups in total. The Balaban J connectivity index is 2.04. The molecule has 0 atom stereocenters. The largest absolute Gasteiger partial charge is 0.338 e. The summed E-state index contributed by atoms with van der Waals surface area (Å²) in [6.45, 7) is 5.49. The van der Waals surface area contributed by atoms with E-state index in [1.165, 1.54) is 0 Å². The summed E-state index contributed by atoms with van der Waals surface area (Å²) in [4.78, 5) is 16.7. The fourth-order valence-electron chi connectivity index (χ4n) is 3.38. The minimum atomic E-state index is -3.44. The molecule has 29 heavy (non-hydrogen) atoms. The van der Waals surface area contributed by atoms with E-state index in [0.717, 1.165) is 50.8 Å². The van der Waals surface area contributed by atoms with Crippen LogP contribution in [0.1, 0.15) is 44.6 Å². The fraction of sp³-hybridized carbons (Fsp3) is 0.591. The van der Waals surface area contributed by atoms with Crippen LogP contribution in [-0.4, -0.2) is 75.2 Å². The minimum Gasteiger partial charge on any atom is -0.338 e. The van der Waals surface area contributed by atoms with Crippen molar-refractivity contribution in [1.29, 1.82) is 0 Å². The number of carbonyl (C=O) groups excluding carboxylic acids is 1. The molecule has 1 heterocycles. The Bertz CT molecular complexity index is 765. The van der Waals surface area contributed by atoms with Crippen molar-refractivity contribution in [2.75, 3.05) is 46.8 Å². The lowest BCUT2D eigenvalue weighted by Gasteiger charge is -2.22. The molecular formula is C22H35N3O3S. The molecule has 1 aliphatic heterocycles. The van der Waals surface area contributed by atoms with Gasteiger partial charge in [0, 0.05) is 38.8 Å². The zero-order valence-corrected chi connectivity index (χ0v) is 18.8. The molecular weight excluding hydrogens is 386 g/mol. The molecule has 162 valence electrons. The second-order valence-electron chi connectivity index (χ2n) is 7.85. The summed E-state index contributed by atoms with van der Waals surface area (Å²) < 4.78 is 27.3. The number of hydrogen-bond donors (Lipinski definition) is 0. The van der Waals surface area contributed by atoms with Crippen LogP contribution in [-0.2, 0) is 14.8 Å². The zero-order chi connectivity index (χ0) is 21.3. The summed E-state index contributed by atoms with van der Waals surface area (Å²) >= 11 is 0. The predicted octanol–water partition coefficient (Wildman–Crippen LogP) is 3.06. The minimum absolute atomic E-state index is 0.0186. The second kappa shape index (κ2) is 11.5. The SMILES string of the molecule is CCCN(CCN(C)C)C(=O)/C=C/c1ccc(S(=O)(=O)N2CCCCCC2)cc1. The fourth-order valence-corrected chi connectivity index (χ4v) is 4.89. The zero-order valence-electron chi connectivity index (χ0n) is 18.0. The van der Waals surface area contributed by atoms with Gasteiger partial charge < -0.3 is 9.80 Å². The van der Waals surface area contributed by atoms with Gasteiger partial charge in [-0.2, -0.15) is 4.31 Å². The lowest BCUT2D eigenvalue weighted by Crippen LogP contribution is -2.36. The molecule has 0 aliphatic carbocycles. The molecule has 1 aromatic carbocycles. The van der Waals surface area contributed by atoms with Gasteiger partial charge in [-0.05, 0) is 57.1 Å².